The first kappa shape index (κ1) is 20.1. The standard InChI is InChI=1S/C21H25N7O2S/c1-2-14-11-16(27-31(29,30)10-7-15-5-3-4-8-22-15)12-17(14)21-26-25-19-13-24-20-18(28(19)21)6-9-23-20/h3-6,8-9,13-14,16-17,23,27H,2,7,10-12H2,1H3/t14-,16+,17+/m1/s1. The van der Waals surface area contributed by atoms with E-state index in [9.17, 15) is 8.42 Å². The van der Waals surface area contributed by atoms with Crippen LogP contribution in [0.2, 0.25) is 0 Å². The Morgan fingerprint density at radius 2 is 2.10 bits per heavy atom. The molecule has 5 rings (SSSR count). The van der Waals surface area contributed by atoms with Gasteiger partial charge in [0.25, 0.3) is 0 Å². The number of nitrogens with zero attached hydrogens (tertiary/aromatic N) is 5. The highest BCUT2D eigenvalue weighted by Crippen LogP contribution is 2.41. The van der Waals surface area contributed by atoms with Crippen molar-refractivity contribution in [3.05, 3.63) is 54.4 Å². The topological polar surface area (TPSA) is 118 Å². The van der Waals surface area contributed by atoms with Crippen molar-refractivity contribution in [1.29, 1.82) is 0 Å². The summed E-state index contributed by atoms with van der Waals surface area (Å²) in [4.78, 5) is 11.7. The Morgan fingerprint density at radius 1 is 1.19 bits per heavy atom. The molecule has 4 aromatic rings. The van der Waals surface area contributed by atoms with E-state index < -0.39 is 10.0 Å². The maximum atomic E-state index is 12.7. The summed E-state index contributed by atoms with van der Waals surface area (Å²) in [6.45, 7) is 2.15. The summed E-state index contributed by atoms with van der Waals surface area (Å²) < 4.78 is 30.4. The first-order valence-electron chi connectivity index (χ1n) is 10.6. The number of rotatable bonds is 7. The zero-order valence-electron chi connectivity index (χ0n) is 17.3. The Kier molecular flexibility index (Phi) is 5.19. The van der Waals surface area contributed by atoms with Crippen molar-refractivity contribution in [2.75, 3.05) is 5.75 Å². The summed E-state index contributed by atoms with van der Waals surface area (Å²) in [6.07, 6.45) is 8.09. The average Bonchev–Trinajstić information content (AvgIpc) is 3.49. The van der Waals surface area contributed by atoms with Crippen LogP contribution in [0.5, 0.6) is 0 Å². The minimum atomic E-state index is -3.40. The van der Waals surface area contributed by atoms with Gasteiger partial charge in [0.15, 0.2) is 11.3 Å². The molecular weight excluding hydrogens is 414 g/mol. The fourth-order valence-electron chi connectivity index (χ4n) is 4.72. The fraction of sp³-hybridized carbons (Fsp3) is 0.429. The highest BCUT2D eigenvalue weighted by atomic mass is 32.2. The highest BCUT2D eigenvalue weighted by Gasteiger charge is 2.38. The van der Waals surface area contributed by atoms with Crippen LogP contribution >= 0.6 is 0 Å². The van der Waals surface area contributed by atoms with Gasteiger partial charge in [0.2, 0.25) is 10.0 Å². The minimum absolute atomic E-state index is 0.0332. The summed E-state index contributed by atoms with van der Waals surface area (Å²) >= 11 is 0. The van der Waals surface area contributed by atoms with Gasteiger partial charge in [-0.1, -0.05) is 19.4 Å². The van der Waals surface area contributed by atoms with Crippen LogP contribution in [0.25, 0.3) is 16.8 Å². The van der Waals surface area contributed by atoms with E-state index in [0.29, 0.717) is 24.4 Å². The summed E-state index contributed by atoms with van der Waals surface area (Å²) in [5.74, 6) is 1.37. The number of aryl methyl sites for hydroxylation is 1. The molecule has 9 nitrogen and oxygen atoms in total. The molecule has 0 saturated heterocycles. The predicted molar refractivity (Wildman–Crippen MR) is 117 cm³/mol. The molecule has 0 spiro atoms. The van der Waals surface area contributed by atoms with E-state index in [-0.39, 0.29) is 17.7 Å². The van der Waals surface area contributed by atoms with Crippen LogP contribution in [0, 0.1) is 5.92 Å². The van der Waals surface area contributed by atoms with E-state index in [2.05, 4.69) is 36.8 Å². The summed E-state index contributed by atoms with van der Waals surface area (Å²) in [5.41, 5.74) is 3.21. The van der Waals surface area contributed by atoms with Crippen LogP contribution < -0.4 is 4.72 Å². The molecular formula is C21H25N7O2S. The maximum Gasteiger partial charge on any atom is 0.212 e. The van der Waals surface area contributed by atoms with E-state index in [1.807, 2.05) is 34.9 Å². The molecule has 4 aromatic heterocycles. The first-order chi connectivity index (χ1) is 15.0. The Hall–Kier alpha value is -2.85. The van der Waals surface area contributed by atoms with E-state index in [1.165, 1.54) is 0 Å². The number of aromatic nitrogens is 6. The SMILES string of the molecule is CC[C@@H]1C[C@H](NS(=O)(=O)CCc2ccccn2)C[C@@H]1c1nnc2cnc3[nH]ccc3n12. The first-order valence-corrected chi connectivity index (χ1v) is 12.3. The average molecular weight is 440 g/mol. The van der Waals surface area contributed by atoms with E-state index in [4.69, 9.17) is 0 Å². The lowest BCUT2D eigenvalue weighted by Crippen LogP contribution is -2.35. The molecule has 1 aliphatic rings. The molecule has 0 aliphatic heterocycles. The van der Waals surface area contributed by atoms with Gasteiger partial charge in [0, 0.05) is 36.5 Å². The van der Waals surface area contributed by atoms with Crippen molar-refractivity contribution >= 4 is 26.8 Å². The fourth-order valence-corrected chi connectivity index (χ4v) is 6.02. The third-order valence-corrected chi connectivity index (χ3v) is 7.65. The van der Waals surface area contributed by atoms with Gasteiger partial charge < -0.3 is 4.98 Å². The van der Waals surface area contributed by atoms with Gasteiger partial charge >= 0.3 is 0 Å². The molecule has 1 saturated carbocycles. The van der Waals surface area contributed by atoms with Crippen LogP contribution in [0.3, 0.4) is 0 Å². The van der Waals surface area contributed by atoms with Gasteiger partial charge in [-0.3, -0.25) is 9.38 Å². The minimum Gasteiger partial charge on any atom is -0.345 e. The lowest BCUT2D eigenvalue weighted by Gasteiger charge is -2.16. The zero-order chi connectivity index (χ0) is 21.4. The third kappa shape index (κ3) is 3.92. The quantitative estimate of drug-likeness (QED) is 0.457. The summed E-state index contributed by atoms with van der Waals surface area (Å²) in [7, 11) is -3.40. The van der Waals surface area contributed by atoms with E-state index >= 15 is 0 Å². The van der Waals surface area contributed by atoms with Crippen molar-refractivity contribution in [2.45, 2.75) is 44.6 Å². The molecule has 0 radical (unpaired) electrons. The second kappa shape index (κ2) is 8.01. The second-order valence-electron chi connectivity index (χ2n) is 8.17. The number of sulfonamides is 1. The largest absolute Gasteiger partial charge is 0.345 e. The number of pyridine rings is 1. The van der Waals surface area contributed by atoms with Crippen LogP contribution in [0.1, 0.15) is 43.6 Å². The number of H-pyrrole nitrogens is 1. The molecule has 0 unspecified atom stereocenters. The van der Waals surface area contributed by atoms with Crippen LogP contribution in [-0.2, 0) is 16.4 Å². The Bertz CT molecular complexity index is 1300. The Balaban J connectivity index is 1.35. The number of hydrogen-bond donors (Lipinski definition) is 2. The van der Waals surface area contributed by atoms with Crippen LogP contribution in [0.4, 0.5) is 0 Å². The van der Waals surface area contributed by atoms with Gasteiger partial charge in [-0.05, 0) is 37.0 Å². The van der Waals surface area contributed by atoms with Crippen molar-refractivity contribution in [1.82, 2.24) is 34.3 Å². The van der Waals surface area contributed by atoms with Crippen molar-refractivity contribution in [2.24, 2.45) is 5.92 Å². The molecule has 3 atom stereocenters. The summed E-state index contributed by atoms with van der Waals surface area (Å²) in [5, 5.41) is 8.80. The zero-order valence-corrected chi connectivity index (χ0v) is 18.1. The Labute approximate surface area is 180 Å². The lowest BCUT2D eigenvalue weighted by atomic mass is 9.93. The molecule has 0 amide bonds. The molecule has 4 heterocycles. The molecule has 10 heteroatoms. The maximum absolute atomic E-state index is 12.7. The van der Waals surface area contributed by atoms with Gasteiger partial charge in [-0.2, -0.15) is 0 Å². The third-order valence-electron chi connectivity index (χ3n) is 6.22. The second-order valence-corrected chi connectivity index (χ2v) is 10.0. The lowest BCUT2D eigenvalue weighted by molar-refractivity contribution is 0.449. The van der Waals surface area contributed by atoms with E-state index in [1.54, 1.807) is 12.4 Å². The highest BCUT2D eigenvalue weighted by molar-refractivity contribution is 7.89. The van der Waals surface area contributed by atoms with E-state index in [0.717, 1.165) is 35.5 Å². The number of fused-ring (bicyclic) bond motifs is 3. The number of nitrogens with one attached hydrogen (secondary N) is 2. The molecule has 1 fully saturated rings. The number of hydrogen-bond acceptors (Lipinski definition) is 6. The van der Waals surface area contributed by atoms with Crippen molar-refractivity contribution < 1.29 is 8.42 Å². The smallest absolute Gasteiger partial charge is 0.212 e. The van der Waals surface area contributed by atoms with Gasteiger partial charge in [-0.25, -0.2) is 18.1 Å². The molecule has 1 aliphatic carbocycles. The predicted octanol–water partition coefficient (Wildman–Crippen LogP) is 2.43. The van der Waals surface area contributed by atoms with Crippen molar-refractivity contribution in [3.63, 3.8) is 0 Å². The molecule has 162 valence electrons. The van der Waals surface area contributed by atoms with Gasteiger partial charge in [0.05, 0.1) is 17.5 Å². The normalized spacial score (nSPS) is 21.9. The monoisotopic (exact) mass is 439 g/mol. The number of aromatic amines is 1. The van der Waals surface area contributed by atoms with Gasteiger partial charge in [0.1, 0.15) is 5.82 Å². The van der Waals surface area contributed by atoms with Gasteiger partial charge in [-0.15, -0.1) is 10.2 Å². The van der Waals surface area contributed by atoms with Crippen LogP contribution in [-0.4, -0.2) is 49.8 Å². The molecule has 0 aromatic carbocycles. The summed E-state index contributed by atoms with van der Waals surface area (Å²) in [6, 6.07) is 7.40. The molecule has 2 N–H and O–H groups in total. The molecule has 31 heavy (non-hydrogen) atoms. The van der Waals surface area contributed by atoms with Crippen LogP contribution in [0.15, 0.2) is 42.9 Å². The Morgan fingerprint density at radius 3 is 2.90 bits per heavy atom. The molecule has 0 bridgehead atoms. The van der Waals surface area contributed by atoms with Crippen molar-refractivity contribution in [3.8, 4) is 0 Å².